The van der Waals surface area contributed by atoms with Gasteiger partial charge in [-0.15, -0.1) is 5.10 Å². The van der Waals surface area contributed by atoms with Crippen LogP contribution in [-0.4, -0.2) is 20.1 Å². The third-order valence-electron chi connectivity index (χ3n) is 2.40. The van der Waals surface area contributed by atoms with Gasteiger partial charge < -0.3 is 5.11 Å². The lowest BCUT2D eigenvalue weighted by molar-refractivity contribution is 0.275. The van der Waals surface area contributed by atoms with Gasteiger partial charge in [0.2, 0.25) is 0 Å². The fourth-order valence-electron chi connectivity index (χ4n) is 1.65. The van der Waals surface area contributed by atoms with Gasteiger partial charge in [0.1, 0.15) is 5.69 Å². The molecule has 4 heteroatoms. The number of aliphatic hydroxyl groups excluding tert-OH is 1. The van der Waals surface area contributed by atoms with Gasteiger partial charge in [-0.2, -0.15) is 0 Å². The normalized spacial score (nSPS) is 16.5. The molecule has 1 saturated carbocycles. The van der Waals surface area contributed by atoms with Gasteiger partial charge in [-0.3, -0.25) is 0 Å². The van der Waals surface area contributed by atoms with Crippen molar-refractivity contribution in [1.29, 1.82) is 0 Å². The van der Waals surface area contributed by atoms with E-state index in [0.717, 1.165) is 18.7 Å². The van der Waals surface area contributed by atoms with Crippen molar-refractivity contribution in [3.8, 4) is 0 Å². The van der Waals surface area contributed by atoms with Crippen LogP contribution in [-0.2, 0) is 13.2 Å². The SMILES string of the molecule is CCCn1nnc(CO)c1C1CC1. The van der Waals surface area contributed by atoms with E-state index in [2.05, 4.69) is 17.2 Å². The lowest BCUT2D eigenvalue weighted by Crippen LogP contribution is -2.04. The molecule has 1 fully saturated rings. The Bertz CT molecular complexity index is 291. The Morgan fingerprint density at radius 2 is 2.31 bits per heavy atom. The van der Waals surface area contributed by atoms with Crippen molar-refractivity contribution in [3.05, 3.63) is 11.4 Å². The Hall–Kier alpha value is -0.900. The molecule has 0 amide bonds. The summed E-state index contributed by atoms with van der Waals surface area (Å²) < 4.78 is 1.95. The first kappa shape index (κ1) is 8.69. The van der Waals surface area contributed by atoms with Crippen molar-refractivity contribution in [1.82, 2.24) is 15.0 Å². The largest absolute Gasteiger partial charge is 0.390 e. The second kappa shape index (κ2) is 3.46. The quantitative estimate of drug-likeness (QED) is 0.755. The summed E-state index contributed by atoms with van der Waals surface area (Å²) >= 11 is 0. The Kier molecular flexibility index (Phi) is 2.31. The Morgan fingerprint density at radius 1 is 1.54 bits per heavy atom. The van der Waals surface area contributed by atoms with Gasteiger partial charge in [-0.05, 0) is 19.3 Å². The topological polar surface area (TPSA) is 50.9 Å². The maximum Gasteiger partial charge on any atom is 0.112 e. The van der Waals surface area contributed by atoms with E-state index < -0.39 is 0 Å². The minimum atomic E-state index is 0.0234. The van der Waals surface area contributed by atoms with Crippen LogP contribution in [0.25, 0.3) is 0 Å². The van der Waals surface area contributed by atoms with Crippen molar-refractivity contribution < 1.29 is 5.11 Å². The molecule has 13 heavy (non-hydrogen) atoms. The molecule has 1 aliphatic rings. The summed E-state index contributed by atoms with van der Waals surface area (Å²) in [5.74, 6) is 0.615. The van der Waals surface area contributed by atoms with E-state index >= 15 is 0 Å². The van der Waals surface area contributed by atoms with Gasteiger partial charge in [0, 0.05) is 12.5 Å². The fraction of sp³-hybridized carbons (Fsp3) is 0.778. The fourth-order valence-corrected chi connectivity index (χ4v) is 1.65. The van der Waals surface area contributed by atoms with Crippen LogP contribution >= 0.6 is 0 Å². The molecule has 0 bridgehead atoms. The first-order valence-electron chi connectivity index (χ1n) is 4.90. The summed E-state index contributed by atoms with van der Waals surface area (Å²) in [4.78, 5) is 0. The summed E-state index contributed by atoms with van der Waals surface area (Å²) in [5.41, 5.74) is 1.94. The van der Waals surface area contributed by atoms with E-state index in [1.54, 1.807) is 0 Å². The Balaban J connectivity index is 2.27. The highest BCUT2D eigenvalue weighted by atomic mass is 16.3. The smallest absolute Gasteiger partial charge is 0.112 e. The summed E-state index contributed by atoms with van der Waals surface area (Å²) in [6.45, 7) is 3.06. The maximum absolute atomic E-state index is 9.06. The van der Waals surface area contributed by atoms with Crippen molar-refractivity contribution in [2.24, 2.45) is 0 Å². The monoisotopic (exact) mass is 181 g/mol. The average Bonchev–Trinajstić information content (AvgIpc) is 2.89. The van der Waals surface area contributed by atoms with E-state index in [0.29, 0.717) is 5.92 Å². The second-order valence-electron chi connectivity index (χ2n) is 3.58. The van der Waals surface area contributed by atoms with E-state index in [1.807, 2.05) is 4.68 Å². The van der Waals surface area contributed by atoms with Gasteiger partial charge in [0.15, 0.2) is 0 Å². The molecule has 1 aromatic heterocycles. The summed E-state index contributed by atoms with van der Waals surface area (Å²) in [6.07, 6.45) is 3.52. The summed E-state index contributed by atoms with van der Waals surface area (Å²) in [5, 5.41) is 17.1. The first-order valence-corrected chi connectivity index (χ1v) is 4.90. The molecular weight excluding hydrogens is 166 g/mol. The number of hydrogen-bond donors (Lipinski definition) is 1. The number of nitrogens with zero attached hydrogens (tertiary/aromatic N) is 3. The number of aryl methyl sites for hydroxylation is 1. The van der Waals surface area contributed by atoms with E-state index in [4.69, 9.17) is 5.11 Å². The van der Waals surface area contributed by atoms with E-state index in [9.17, 15) is 0 Å². The highest BCUT2D eigenvalue weighted by molar-refractivity contribution is 5.19. The number of hydrogen-bond acceptors (Lipinski definition) is 3. The minimum absolute atomic E-state index is 0.0234. The van der Waals surface area contributed by atoms with Crippen LogP contribution in [0.3, 0.4) is 0 Å². The molecule has 0 spiro atoms. The highest BCUT2D eigenvalue weighted by Gasteiger charge is 2.30. The van der Waals surface area contributed by atoms with Crippen molar-refractivity contribution in [3.63, 3.8) is 0 Å². The lowest BCUT2D eigenvalue weighted by atomic mass is 10.2. The van der Waals surface area contributed by atoms with Crippen LogP contribution in [0.2, 0.25) is 0 Å². The Morgan fingerprint density at radius 3 is 2.85 bits per heavy atom. The van der Waals surface area contributed by atoms with Crippen molar-refractivity contribution in [2.75, 3.05) is 0 Å². The van der Waals surface area contributed by atoms with Gasteiger partial charge in [0.25, 0.3) is 0 Å². The standard InChI is InChI=1S/C9H15N3O/c1-2-5-12-9(7-3-4-7)8(6-13)10-11-12/h7,13H,2-6H2,1H3. The first-order chi connectivity index (χ1) is 6.36. The zero-order valence-electron chi connectivity index (χ0n) is 7.90. The molecule has 1 aliphatic carbocycles. The zero-order valence-corrected chi connectivity index (χ0v) is 7.90. The van der Waals surface area contributed by atoms with Crippen LogP contribution in [0.4, 0.5) is 0 Å². The molecule has 72 valence electrons. The number of rotatable bonds is 4. The maximum atomic E-state index is 9.06. The summed E-state index contributed by atoms with van der Waals surface area (Å²) in [6, 6.07) is 0. The molecule has 0 unspecified atom stereocenters. The lowest BCUT2D eigenvalue weighted by Gasteiger charge is -2.03. The molecular formula is C9H15N3O. The molecule has 2 rings (SSSR count). The molecule has 0 radical (unpaired) electrons. The van der Waals surface area contributed by atoms with Gasteiger partial charge in [-0.25, -0.2) is 4.68 Å². The van der Waals surface area contributed by atoms with Crippen molar-refractivity contribution >= 4 is 0 Å². The van der Waals surface area contributed by atoms with Gasteiger partial charge in [0.05, 0.1) is 12.3 Å². The van der Waals surface area contributed by atoms with E-state index in [1.165, 1.54) is 18.5 Å². The van der Waals surface area contributed by atoms with Crippen molar-refractivity contribution in [2.45, 2.75) is 45.3 Å². The van der Waals surface area contributed by atoms with Crippen LogP contribution in [0.1, 0.15) is 43.5 Å². The third-order valence-corrected chi connectivity index (χ3v) is 2.40. The van der Waals surface area contributed by atoms with Crippen LogP contribution < -0.4 is 0 Å². The predicted molar refractivity (Wildman–Crippen MR) is 48.2 cm³/mol. The molecule has 0 atom stereocenters. The predicted octanol–water partition coefficient (Wildman–Crippen LogP) is 1.06. The van der Waals surface area contributed by atoms with Gasteiger partial charge >= 0.3 is 0 Å². The highest BCUT2D eigenvalue weighted by Crippen LogP contribution is 2.41. The van der Waals surface area contributed by atoms with Crippen LogP contribution in [0, 0.1) is 0 Å². The molecule has 1 heterocycles. The molecule has 0 saturated heterocycles. The average molecular weight is 181 g/mol. The molecule has 0 aliphatic heterocycles. The summed E-state index contributed by atoms with van der Waals surface area (Å²) in [7, 11) is 0. The zero-order chi connectivity index (χ0) is 9.26. The molecule has 0 aromatic carbocycles. The Labute approximate surface area is 77.6 Å². The van der Waals surface area contributed by atoms with E-state index in [-0.39, 0.29) is 6.61 Å². The van der Waals surface area contributed by atoms with Crippen LogP contribution in [0.5, 0.6) is 0 Å². The molecule has 1 N–H and O–H groups in total. The molecule has 4 nitrogen and oxygen atoms in total. The second-order valence-corrected chi connectivity index (χ2v) is 3.58. The number of aromatic nitrogens is 3. The van der Waals surface area contributed by atoms with Crippen LogP contribution in [0.15, 0.2) is 0 Å². The van der Waals surface area contributed by atoms with Gasteiger partial charge in [-0.1, -0.05) is 12.1 Å². The number of aliphatic hydroxyl groups is 1. The third kappa shape index (κ3) is 1.58. The molecule has 1 aromatic rings. The minimum Gasteiger partial charge on any atom is -0.390 e.